The molecule has 5 rings (SSSR count). The van der Waals surface area contributed by atoms with Crippen molar-refractivity contribution in [1.82, 2.24) is 14.8 Å². The van der Waals surface area contributed by atoms with Crippen LogP contribution in [-0.4, -0.2) is 31.5 Å². The first-order chi connectivity index (χ1) is 16.7. The standard InChI is InChI=1S/C21H16F2N6O5S/c22-18(23)13-5-12(9-1-2-9)15-16(17(19(24)30)35-21(15)26-13)27-20(31)14-4-3-11(34-14)8-28-7-10(6-25-28)29(32)33/h3-7,9,18H,1-2,8H2,(H2,24,30)(H,27,31). The molecule has 0 bridgehead atoms. The van der Waals surface area contributed by atoms with Gasteiger partial charge in [-0.15, -0.1) is 11.3 Å². The minimum absolute atomic E-state index is 0.00945. The minimum atomic E-state index is -2.79. The Labute approximate surface area is 198 Å². The van der Waals surface area contributed by atoms with Crippen LogP contribution in [0.25, 0.3) is 10.2 Å². The summed E-state index contributed by atoms with van der Waals surface area (Å²) in [4.78, 5) is 39.4. The second-order valence-corrected chi connectivity index (χ2v) is 8.93. The first-order valence-electron chi connectivity index (χ1n) is 10.3. The molecule has 180 valence electrons. The van der Waals surface area contributed by atoms with E-state index in [-0.39, 0.29) is 39.3 Å². The van der Waals surface area contributed by atoms with Crippen molar-refractivity contribution in [3.8, 4) is 0 Å². The molecular formula is C21H16F2N6O5S. The molecular weight excluding hydrogens is 486 g/mol. The first kappa shape index (κ1) is 22.6. The molecule has 0 saturated heterocycles. The molecule has 0 aromatic carbocycles. The maximum absolute atomic E-state index is 13.4. The quantitative estimate of drug-likeness (QED) is 0.270. The molecule has 1 saturated carbocycles. The Morgan fingerprint density at radius 2 is 2.14 bits per heavy atom. The fourth-order valence-corrected chi connectivity index (χ4v) is 4.74. The number of amides is 2. The summed E-state index contributed by atoms with van der Waals surface area (Å²) >= 11 is 0.841. The van der Waals surface area contributed by atoms with Gasteiger partial charge in [-0.3, -0.25) is 24.4 Å². The van der Waals surface area contributed by atoms with Crippen LogP contribution in [0.3, 0.4) is 0 Å². The Bertz CT molecular complexity index is 1490. The summed E-state index contributed by atoms with van der Waals surface area (Å²) in [5, 5.41) is 17.7. The summed E-state index contributed by atoms with van der Waals surface area (Å²) in [6.07, 6.45) is 1.12. The van der Waals surface area contributed by atoms with E-state index in [2.05, 4.69) is 15.4 Å². The molecule has 0 radical (unpaired) electrons. The van der Waals surface area contributed by atoms with Gasteiger partial charge in [-0.25, -0.2) is 13.8 Å². The highest BCUT2D eigenvalue weighted by atomic mass is 32.1. The number of hydrogen-bond acceptors (Lipinski definition) is 8. The van der Waals surface area contributed by atoms with Gasteiger partial charge >= 0.3 is 5.69 Å². The van der Waals surface area contributed by atoms with Crippen molar-refractivity contribution in [2.24, 2.45) is 5.73 Å². The maximum Gasteiger partial charge on any atom is 0.307 e. The first-order valence-corrected chi connectivity index (χ1v) is 11.1. The molecule has 14 heteroatoms. The van der Waals surface area contributed by atoms with E-state index in [9.17, 15) is 28.5 Å². The summed E-state index contributed by atoms with van der Waals surface area (Å²) in [7, 11) is 0. The number of furan rings is 1. The zero-order valence-electron chi connectivity index (χ0n) is 17.7. The Morgan fingerprint density at radius 1 is 1.37 bits per heavy atom. The highest BCUT2D eigenvalue weighted by Gasteiger charge is 2.32. The summed E-state index contributed by atoms with van der Waals surface area (Å²) in [6, 6.07) is 4.22. The van der Waals surface area contributed by atoms with Crippen molar-refractivity contribution in [1.29, 1.82) is 0 Å². The van der Waals surface area contributed by atoms with Gasteiger partial charge in [0, 0.05) is 5.39 Å². The Balaban J connectivity index is 1.46. The lowest BCUT2D eigenvalue weighted by atomic mass is 10.0. The van der Waals surface area contributed by atoms with Crippen LogP contribution in [0.1, 0.15) is 62.4 Å². The molecule has 4 heterocycles. The van der Waals surface area contributed by atoms with Gasteiger partial charge in [0.25, 0.3) is 18.2 Å². The van der Waals surface area contributed by atoms with Gasteiger partial charge in [-0.2, -0.15) is 5.10 Å². The fraction of sp³-hybridized carbons (Fsp3) is 0.238. The van der Waals surface area contributed by atoms with Crippen molar-refractivity contribution >= 4 is 44.7 Å². The second kappa shape index (κ2) is 8.54. The average molecular weight is 502 g/mol. The fourth-order valence-electron chi connectivity index (χ4n) is 3.72. The van der Waals surface area contributed by atoms with Crippen molar-refractivity contribution < 1.29 is 27.7 Å². The number of fused-ring (bicyclic) bond motifs is 1. The van der Waals surface area contributed by atoms with E-state index < -0.39 is 28.9 Å². The monoisotopic (exact) mass is 502 g/mol. The number of thiophene rings is 1. The number of primary amides is 1. The lowest BCUT2D eigenvalue weighted by Crippen LogP contribution is -2.16. The van der Waals surface area contributed by atoms with Gasteiger partial charge in [0.1, 0.15) is 33.6 Å². The number of nitrogens with zero attached hydrogens (tertiary/aromatic N) is 4. The van der Waals surface area contributed by atoms with Crippen LogP contribution < -0.4 is 11.1 Å². The molecule has 1 fully saturated rings. The third kappa shape index (κ3) is 4.35. The smallest absolute Gasteiger partial charge is 0.307 e. The molecule has 3 N–H and O–H groups in total. The van der Waals surface area contributed by atoms with Crippen LogP contribution in [0.4, 0.5) is 20.2 Å². The van der Waals surface area contributed by atoms with Crippen LogP contribution in [0.5, 0.6) is 0 Å². The summed E-state index contributed by atoms with van der Waals surface area (Å²) in [6.45, 7) is 0.0428. The number of nitrogens with one attached hydrogen (secondary N) is 1. The number of rotatable bonds is 8. The van der Waals surface area contributed by atoms with Gasteiger partial charge in [-0.05, 0) is 42.5 Å². The normalized spacial score (nSPS) is 13.5. The van der Waals surface area contributed by atoms with E-state index in [1.54, 1.807) is 0 Å². The number of carbonyl (C=O) groups is 2. The number of nitro groups is 1. The maximum atomic E-state index is 13.4. The number of pyridine rings is 1. The van der Waals surface area contributed by atoms with Crippen LogP contribution in [0, 0.1) is 10.1 Å². The van der Waals surface area contributed by atoms with Crippen LogP contribution in [-0.2, 0) is 6.54 Å². The summed E-state index contributed by atoms with van der Waals surface area (Å²) in [5.41, 5.74) is 5.62. The molecule has 35 heavy (non-hydrogen) atoms. The molecule has 0 spiro atoms. The number of carbonyl (C=O) groups excluding carboxylic acids is 2. The minimum Gasteiger partial charge on any atom is -0.454 e. The van der Waals surface area contributed by atoms with Gasteiger partial charge < -0.3 is 15.5 Å². The van der Waals surface area contributed by atoms with Crippen LogP contribution in [0.2, 0.25) is 0 Å². The number of alkyl halides is 2. The molecule has 4 aromatic rings. The van der Waals surface area contributed by atoms with E-state index in [1.165, 1.54) is 29.1 Å². The highest BCUT2D eigenvalue weighted by molar-refractivity contribution is 7.21. The molecule has 11 nitrogen and oxygen atoms in total. The van der Waals surface area contributed by atoms with E-state index in [4.69, 9.17) is 10.2 Å². The van der Waals surface area contributed by atoms with Crippen molar-refractivity contribution in [3.05, 3.63) is 68.4 Å². The Morgan fingerprint density at radius 3 is 2.77 bits per heavy atom. The Hall–Kier alpha value is -4.20. The summed E-state index contributed by atoms with van der Waals surface area (Å²) < 4.78 is 33.6. The summed E-state index contributed by atoms with van der Waals surface area (Å²) in [5.74, 6) is -1.28. The van der Waals surface area contributed by atoms with Gasteiger partial charge in [-0.1, -0.05) is 0 Å². The van der Waals surface area contributed by atoms with Crippen molar-refractivity contribution in [2.75, 3.05) is 5.32 Å². The lowest BCUT2D eigenvalue weighted by molar-refractivity contribution is -0.385. The van der Waals surface area contributed by atoms with Gasteiger partial charge in [0.2, 0.25) is 0 Å². The SMILES string of the molecule is NC(=O)c1sc2nc(C(F)F)cc(C3CC3)c2c1NC(=O)c1ccc(Cn2cc([N+](=O)[O-])cn2)o1. The van der Waals surface area contributed by atoms with Gasteiger partial charge in [0.05, 0.1) is 17.2 Å². The molecule has 1 aliphatic carbocycles. The van der Waals surface area contributed by atoms with Crippen LogP contribution >= 0.6 is 11.3 Å². The number of nitrogens with two attached hydrogens (primary N) is 1. The molecule has 0 aliphatic heterocycles. The number of halogens is 2. The second-order valence-electron chi connectivity index (χ2n) is 7.94. The van der Waals surface area contributed by atoms with E-state index in [0.717, 1.165) is 30.4 Å². The van der Waals surface area contributed by atoms with Crippen LogP contribution in [0.15, 0.2) is 35.0 Å². The van der Waals surface area contributed by atoms with E-state index >= 15 is 0 Å². The third-order valence-corrected chi connectivity index (χ3v) is 6.55. The molecule has 0 atom stereocenters. The third-order valence-electron chi connectivity index (χ3n) is 5.45. The Kier molecular flexibility index (Phi) is 5.51. The van der Waals surface area contributed by atoms with E-state index in [1.807, 2.05) is 0 Å². The van der Waals surface area contributed by atoms with Gasteiger partial charge in [0.15, 0.2) is 5.76 Å². The number of aromatic nitrogens is 3. The van der Waals surface area contributed by atoms with Crippen molar-refractivity contribution in [2.45, 2.75) is 31.7 Å². The molecule has 2 amide bonds. The van der Waals surface area contributed by atoms with Crippen molar-refractivity contribution in [3.63, 3.8) is 0 Å². The highest BCUT2D eigenvalue weighted by Crippen LogP contribution is 2.48. The molecule has 0 unspecified atom stereocenters. The predicted octanol–water partition coefficient (Wildman–Crippen LogP) is 4.21. The largest absolute Gasteiger partial charge is 0.454 e. The average Bonchev–Trinajstić information content (AvgIpc) is 3.19. The molecule has 4 aromatic heterocycles. The zero-order valence-corrected chi connectivity index (χ0v) is 18.6. The zero-order chi connectivity index (χ0) is 24.9. The predicted molar refractivity (Wildman–Crippen MR) is 120 cm³/mol. The molecule has 1 aliphatic rings. The van der Waals surface area contributed by atoms with E-state index in [0.29, 0.717) is 16.7 Å². The topological polar surface area (TPSA) is 159 Å². The number of anilines is 1. The lowest BCUT2D eigenvalue weighted by Gasteiger charge is -2.09. The number of hydrogen-bond donors (Lipinski definition) is 2.